The molecule has 3 fully saturated rings. The van der Waals surface area contributed by atoms with Gasteiger partial charge in [-0.1, -0.05) is 24.1 Å². The molecule has 1 aromatic carbocycles. The number of barbiturate groups is 1. The van der Waals surface area contributed by atoms with Crippen LogP contribution in [0, 0.1) is 17.8 Å². The van der Waals surface area contributed by atoms with Gasteiger partial charge in [0.05, 0.1) is 5.69 Å². The van der Waals surface area contributed by atoms with Crippen LogP contribution in [0.5, 0.6) is 0 Å². The summed E-state index contributed by atoms with van der Waals surface area (Å²) in [7, 11) is 0. The lowest BCUT2D eigenvalue weighted by atomic mass is 9.92. The van der Waals surface area contributed by atoms with E-state index in [1.165, 1.54) is 17.5 Å². The van der Waals surface area contributed by atoms with Crippen molar-refractivity contribution in [3.05, 3.63) is 29.3 Å². The minimum atomic E-state index is -1.09. The van der Waals surface area contributed by atoms with Gasteiger partial charge >= 0.3 is 6.03 Å². The number of fused-ring (bicyclic) bond motifs is 2. The Morgan fingerprint density at radius 1 is 1.20 bits per heavy atom. The Kier molecular flexibility index (Phi) is 4.07. The molecule has 1 heterocycles. The molecule has 0 spiro atoms. The first-order valence-corrected chi connectivity index (χ1v) is 8.88. The van der Waals surface area contributed by atoms with Crippen LogP contribution in [0.4, 0.5) is 10.5 Å². The third-order valence-electron chi connectivity index (χ3n) is 5.45. The Morgan fingerprint density at radius 2 is 2.04 bits per heavy atom. The van der Waals surface area contributed by atoms with Gasteiger partial charge in [-0.2, -0.15) is 0 Å². The maximum absolute atomic E-state index is 12.8. The molecule has 130 valence electrons. The Labute approximate surface area is 150 Å². The molecule has 6 nitrogen and oxygen atoms in total. The lowest BCUT2D eigenvalue weighted by Crippen LogP contribution is -2.62. The Bertz CT molecular complexity index is 779. The van der Waals surface area contributed by atoms with Crippen LogP contribution in [0.3, 0.4) is 0 Å². The summed E-state index contributed by atoms with van der Waals surface area (Å²) in [6.07, 6.45) is 5.42. The standard InChI is InChI=1S/C18H18ClN3O3/c19-12-2-1-3-13(8-12)20-9-14-16(23)21-18(25)22(17(14)24)15-7-10-4-5-11(15)6-10/h1-3,8-11,14-15H,4-7H2,(H,21,23,25)/t10-,11-,14+,15-/m0/s1. The number of nitrogens with one attached hydrogen (secondary N) is 1. The number of benzene rings is 1. The number of carbonyl (C=O) groups is 3. The predicted molar refractivity (Wildman–Crippen MR) is 92.7 cm³/mol. The van der Waals surface area contributed by atoms with Crippen LogP contribution in [0.2, 0.25) is 5.02 Å². The van der Waals surface area contributed by atoms with Crippen LogP contribution in [0.15, 0.2) is 29.3 Å². The van der Waals surface area contributed by atoms with E-state index < -0.39 is 23.8 Å². The number of hydrogen-bond donors (Lipinski definition) is 1. The summed E-state index contributed by atoms with van der Waals surface area (Å²) in [6.45, 7) is 0. The number of aliphatic imine (C=N–C) groups is 1. The minimum Gasteiger partial charge on any atom is -0.277 e. The molecule has 4 atom stereocenters. The number of hydrogen-bond acceptors (Lipinski definition) is 4. The lowest BCUT2D eigenvalue weighted by Gasteiger charge is -2.36. The van der Waals surface area contributed by atoms with Crippen molar-refractivity contribution in [1.29, 1.82) is 0 Å². The summed E-state index contributed by atoms with van der Waals surface area (Å²) < 4.78 is 0. The summed E-state index contributed by atoms with van der Waals surface area (Å²) >= 11 is 5.92. The van der Waals surface area contributed by atoms with Crippen molar-refractivity contribution in [1.82, 2.24) is 10.2 Å². The van der Waals surface area contributed by atoms with E-state index in [4.69, 9.17) is 11.6 Å². The summed E-state index contributed by atoms with van der Waals surface area (Å²) in [5.74, 6) is -1.24. The van der Waals surface area contributed by atoms with E-state index >= 15 is 0 Å². The van der Waals surface area contributed by atoms with E-state index in [1.807, 2.05) is 0 Å². The largest absolute Gasteiger partial charge is 0.331 e. The van der Waals surface area contributed by atoms with E-state index in [9.17, 15) is 14.4 Å². The molecule has 2 saturated carbocycles. The molecule has 0 aromatic heterocycles. The van der Waals surface area contributed by atoms with Crippen LogP contribution in [0.1, 0.15) is 25.7 Å². The molecule has 1 aromatic rings. The number of halogens is 1. The highest BCUT2D eigenvalue weighted by Crippen LogP contribution is 2.47. The molecule has 2 bridgehead atoms. The maximum Gasteiger partial charge on any atom is 0.331 e. The van der Waals surface area contributed by atoms with Crippen molar-refractivity contribution in [2.45, 2.75) is 31.7 Å². The third kappa shape index (κ3) is 2.95. The zero-order chi connectivity index (χ0) is 17.6. The number of imide groups is 2. The molecular formula is C18H18ClN3O3. The first-order valence-electron chi connectivity index (χ1n) is 8.50. The molecular weight excluding hydrogens is 342 g/mol. The van der Waals surface area contributed by atoms with E-state index in [0.717, 1.165) is 19.3 Å². The van der Waals surface area contributed by atoms with Crippen molar-refractivity contribution in [3.8, 4) is 0 Å². The van der Waals surface area contributed by atoms with Crippen molar-refractivity contribution in [2.24, 2.45) is 22.7 Å². The van der Waals surface area contributed by atoms with E-state index in [2.05, 4.69) is 10.3 Å². The topological polar surface area (TPSA) is 78.8 Å². The van der Waals surface area contributed by atoms with Crippen LogP contribution >= 0.6 is 11.6 Å². The monoisotopic (exact) mass is 359 g/mol. The Morgan fingerprint density at radius 3 is 2.72 bits per heavy atom. The van der Waals surface area contributed by atoms with Crippen molar-refractivity contribution in [3.63, 3.8) is 0 Å². The summed E-state index contributed by atoms with van der Waals surface area (Å²) in [4.78, 5) is 42.7. The zero-order valence-electron chi connectivity index (χ0n) is 13.5. The van der Waals surface area contributed by atoms with Crippen LogP contribution in [0.25, 0.3) is 0 Å². The number of rotatable bonds is 3. The minimum absolute atomic E-state index is 0.0959. The van der Waals surface area contributed by atoms with Gasteiger partial charge in [0.15, 0.2) is 5.92 Å². The Balaban J connectivity index is 1.56. The lowest BCUT2D eigenvalue weighted by molar-refractivity contribution is -0.141. The third-order valence-corrected chi connectivity index (χ3v) is 5.68. The average molecular weight is 360 g/mol. The fourth-order valence-corrected chi connectivity index (χ4v) is 4.48. The molecule has 0 radical (unpaired) electrons. The number of carbonyl (C=O) groups excluding carboxylic acids is 3. The van der Waals surface area contributed by atoms with Crippen molar-refractivity contribution >= 4 is 41.3 Å². The molecule has 1 aliphatic heterocycles. The zero-order valence-corrected chi connectivity index (χ0v) is 14.3. The van der Waals surface area contributed by atoms with Gasteiger partial charge in [0.25, 0.3) is 0 Å². The summed E-state index contributed by atoms with van der Waals surface area (Å²) in [5.41, 5.74) is 0.552. The molecule has 1 N–H and O–H groups in total. The van der Waals surface area contributed by atoms with E-state index in [1.54, 1.807) is 24.3 Å². The fraction of sp³-hybridized carbons (Fsp3) is 0.444. The molecule has 0 unspecified atom stereocenters. The molecule has 4 amide bonds. The van der Waals surface area contributed by atoms with Crippen LogP contribution in [-0.4, -0.2) is 35.0 Å². The first kappa shape index (κ1) is 16.3. The second-order valence-corrected chi connectivity index (χ2v) is 7.42. The number of amides is 4. The highest BCUT2D eigenvalue weighted by molar-refractivity contribution is 6.30. The van der Waals surface area contributed by atoms with Gasteiger partial charge in [-0.3, -0.25) is 24.8 Å². The number of urea groups is 1. The maximum atomic E-state index is 12.8. The van der Waals surface area contributed by atoms with Crippen molar-refractivity contribution < 1.29 is 14.4 Å². The quantitative estimate of drug-likeness (QED) is 0.665. The van der Waals surface area contributed by atoms with Gasteiger partial charge in [0.2, 0.25) is 11.8 Å². The fourth-order valence-electron chi connectivity index (χ4n) is 4.30. The number of nitrogens with zero attached hydrogens (tertiary/aromatic N) is 2. The highest BCUT2D eigenvalue weighted by atomic mass is 35.5. The summed E-state index contributed by atoms with van der Waals surface area (Å²) in [5, 5.41) is 2.82. The van der Waals surface area contributed by atoms with Crippen LogP contribution in [-0.2, 0) is 9.59 Å². The van der Waals surface area contributed by atoms with Gasteiger partial charge in [0, 0.05) is 17.3 Å². The first-order chi connectivity index (χ1) is 12.0. The SMILES string of the molecule is O=C1NC(=O)N([C@H]2C[C@H]3CC[C@H]2C3)C(=O)[C@@H]1C=Nc1cccc(Cl)c1. The van der Waals surface area contributed by atoms with Crippen molar-refractivity contribution in [2.75, 3.05) is 0 Å². The highest BCUT2D eigenvalue weighted by Gasteiger charge is 2.50. The van der Waals surface area contributed by atoms with Gasteiger partial charge in [-0.05, 0) is 49.3 Å². The average Bonchev–Trinajstić information content (AvgIpc) is 3.17. The molecule has 2 aliphatic carbocycles. The van der Waals surface area contributed by atoms with E-state index in [-0.39, 0.29) is 6.04 Å². The predicted octanol–water partition coefficient (Wildman–Crippen LogP) is 2.93. The van der Waals surface area contributed by atoms with Gasteiger partial charge in [-0.15, -0.1) is 0 Å². The molecule has 4 rings (SSSR count). The van der Waals surface area contributed by atoms with Gasteiger partial charge in [-0.25, -0.2) is 4.79 Å². The molecule has 7 heteroatoms. The summed E-state index contributed by atoms with van der Waals surface area (Å²) in [6, 6.07) is 6.13. The Hall–Kier alpha value is -2.21. The second kappa shape index (κ2) is 6.26. The van der Waals surface area contributed by atoms with Gasteiger partial charge in [0.1, 0.15) is 0 Å². The molecule has 3 aliphatic rings. The second-order valence-electron chi connectivity index (χ2n) is 6.98. The normalized spacial score (nSPS) is 31.9. The molecule has 1 saturated heterocycles. The van der Waals surface area contributed by atoms with Crippen LogP contribution < -0.4 is 5.32 Å². The van der Waals surface area contributed by atoms with E-state index in [0.29, 0.717) is 22.5 Å². The molecule has 25 heavy (non-hydrogen) atoms. The van der Waals surface area contributed by atoms with Gasteiger partial charge < -0.3 is 0 Å². The smallest absolute Gasteiger partial charge is 0.277 e.